The molecule has 1 saturated heterocycles. The van der Waals surface area contributed by atoms with Gasteiger partial charge in [0.15, 0.2) is 0 Å². The third-order valence-electron chi connectivity index (χ3n) is 6.38. The molecule has 5 rings (SSSR count). The summed E-state index contributed by atoms with van der Waals surface area (Å²) in [6, 6.07) is 5.94. The van der Waals surface area contributed by atoms with Gasteiger partial charge in [-0.05, 0) is 36.5 Å². The number of ether oxygens (including phenoxy) is 1. The summed E-state index contributed by atoms with van der Waals surface area (Å²) in [4.78, 5) is 27.9. The van der Waals surface area contributed by atoms with Crippen LogP contribution in [0.2, 0.25) is 0 Å². The second kappa shape index (κ2) is 8.77. The first-order chi connectivity index (χ1) is 16.1. The Hall–Kier alpha value is -3.54. The van der Waals surface area contributed by atoms with Crippen LogP contribution in [0.25, 0.3) is 10.8 Å². The lowest BCUT2D eigenvalue weighted by molar-refractivity contribution is -0.120. The van der Waals surface area contributed by atoms with Crippen LogP contribution >= 0.6 is 0 Å². The maximum absolute atomic E-state index is 12.0. The Morgan fingerprint density at radius 3 is 2.61 bits per heavy atom. The molecule has 1 aliphatic carbocycles. The van der Waals surface area contributed by atoms with Crippen LogP contribution in [0.5, 0.6) is 0 Å². The number of hydrogen-bond acceptors (Lipinski definition) is 7. The molecule has 2 aliphatic rings. The quantitative estimate of drug-likeness (QED) is 0.581. The lowest BCUT2D eigenvalue weighted by atomic mass is 9.98. The van der Waals surface area contributed by atoms with E-state index in [1.165, 1.54) is 0 Å². The molecule has 4 heterocycles. The molecule has 0 spiro atoms. The summed E-state index contributed by atoms with van der Waals surface area (Å²) in [7, 11) is 1.81. The largest absolute Gasteiger partial charge is 0.379 e. The zero-order valence-electron chi connectivity index (χ0n) is 18.6. The van der Waals surface area contributed by atoms with E-state index in [0.717, 1.165) is 67.6 Å². The van der Waals surface area contributed by atoms with E-state index in [9.17, 15) is 4.79 Å². The van der Waals surface area contributed by atoms with E-state index < -0.39 is 5.41 Å². The summed E-state index contributed by atoms with van der Waals surface area (Å²) in [5.41, 5.74) is 8.31. The predicted octanol–water partition coefficient (Wildman–Crippen LogP) is 1.82. The summed E-state index contributed by atoms with van der Waals surface area (Å²) in [6.45, 7) is 4.31. The number of rotatable bonds is 5. The molecular formula is C25H26N6O2. The van der Waals surface area contributed by atoms with Gasteiger partial charge in [0.2, 0.25) is 5.91 Å². The van der Waals surface area contributed by atoms with E-state index >= 15 is 0 Å². The van der Waals surface area contributed by atoms with Crippen molar-refractivity contribution in [3.8, 4) is 11.8 Å². The minimum absolute atomic E-state index is 0.328. The highest BCUT2D eigenvalue weighted by atomic mass is 16.5. The van der Waals surface area contributed by atoms with Crippen molar-refractivity contribution in [1.82, 2.24) is 19.9 Å². The van der Waals surface area contributed by atoms with Gasteiger partial charge in [0, 0.05) is 56.0 Å². The summed E-state index contributed by atoms with van der Waals surface area (Å²) in [5.74, 6) is 6.75. The molecule has 8 heteroatoms. The number of nitrogens with one attached hydrogen (secondary N) is 1. The fraction of sp³-hybridized carbons (Fsp3) is 0.360. The van der Waals surface area contributed by atoms with Crippen molar-refractivity contribution in [3.63, 3.8) is 0 Å². The van der Waals surface area contributed by atoms with E-state index in [2.05, 4.69) is 43.1 Å². The Kier molecular flexibility index (Phi) is 5.67. The first kappa shape index (κ1) is 21.3. The van der Waals surface area contributed by atoms with Crippen LogP contribution in [0.4, 0.5) is 5.82 Å². The van der Waals surface area contributed by atoms with Crippen LogP contribution < -0.4 is 11.1 Å². The van der Waals surface area contributed by atoms with Gasteiger partial charge in [-0.2, -0.15) is 0 Å². The maximum Gasteiger partial charge on any atom is 0.229 e. The number of anilines is 1. The molecule has 2 fully saturated rings. The van der Waals surface area contributed by atoms with Crippen LogP contribution in [0.3, 0.4) is 0 Å². The monoisotopic (exact) mass is 442 g/mol. The lowest BCUT2D eigenvalue weighted by Gasteiger charge is -2.26. The molecule has 1 saturated carbocycles. The Morgan fingerprint density at radius 1 is 1.12 bits per heavy atom. The number of nitrogens with two attached hydrogens (primary N) is 1. The number of pyridine rings is 3. The van der Waals surface area contributed by atoms with Crippen molar-refractivity contribution in [2.24, 2.45) is 5.73 Å². The summed E-state index contributed by atoms with van der Waals surface area (Å²) in [5, 5.41) is 4.83. The van der Waals surface area contributed by atoms with Crippen molar-refractivity contribution in [2.45, 2.75) is 24.8 Å². The highest BCUT2D eigenvalue weighted by Crippen LogP contribution is 2.47. The molecule has 1 amide bonds. The Balaban J connectivity index is 1.43. The molecular weight excluding hydrogens is 416 g/mol. The molecule has 0 aromatic carbocycles. The lowest BCUT2D eigenvalue weighted by Crippen LogP contribution is -2.35. The van der Waals surface area contributed by atoms with Gasteiger partial charge in [-0.1, -0.05) is 12.0 Å². The van der Waals surface area contributed by atoms with Crippen molar-refractivity contribution in [3.05, 3.63) is 59.3 Å². The van der Waals surface area contributed by atoms with E-state index in [0.29, 0.717) is 17.2 Å². The molecule has 33 heavy (non-hydrogen) atoms. The molecule has 1 aliphatic heterocycles. The van der Waals surface area contributed by atoms with Crippen molar-refractivity contribution >= 4 is 22.5 Å². The number of aromatic nitrogens is 3. The van der Waals surface area contributed by atoms with Crippen LogP contribution in [0, 0.1) is 11.8 Å². The normalized spacial score (nSPS) is 17.2. The number of amides is 1. The average molecular weight is 443 g/mol. The number of primary amides is 1. The minimum atomic E-state index is -0.653. The summed E-state index contributed by atoms with van der Waals surface area (Å²) < 4.78 is 5.41. The van der Waals surface area contributed by atoms with Gasteiger partial charge in [0.25, 0.3) is 0 Å². The third kappa shape index (κ3) is 4.25. The number of carbonyl (C=O) groups is 1. The van der Waals surface area contributed by atoms with E-state index in [-0.39, 0.29) is 5.91 Å². The van der Waals surface area contributed by atoms with E-state index in [1.807, 2.05) is 25.4 Å². The molecule has 3 aromatic heterocycles. The Labute approximate surface area is 192 Å². The standard InChI is InChI=1S/C25H26N6O2/c1-27-23-21-15-29-22(25(6-7-25)24(26)32)12-20(21)18(14-30-23)3-5-19-4-2-17(13-28-19)16-31-8-10-33-11-9-31/h2,4,12-15H,6-11,16H2,1H3,(H2,26,32)(H,27,30). The molecule has 0 unspecified atom stereocenters. The fourth-order valence-corrected chi connectivity index (χ4v) is 4.19. The Bertz CT molecular complexity index is 1250. The molecule has 3 N–H and O–H groups in total. The number of nitrogens with zero attached hydrogens (tertiary/aromatic N) is 4. The number of morpholine rings is 1. The summed E-state index contributed by atoms with van der Waals surface area (Å²) >= 11 is 0. The van der Waals surface area contributed by atoms with Crippen LogP contribution in [0.15, 0.2) is 36.8 Å². The van der Waals surface area contributed by atoms with Crippen molar-refractivity contribution < 1.29 is 9.53 Å². The zero-order chi connectivity index (χ0) is 22.8. The fourth-order valence-electron chi connectivity index (χ4n) is 4.19. The minimum Gasteiger partial charge on any atom is -0.379 e. The van der Waals surface area contributed by atoms with Gasteiger partial charge in [0.05, 0.1) is 29.9 Å². The molecule has 8 nitrogen and oxygen atoms in total. The number of carbonyl (C=O) groups excluding carboxylic acids is 1. The molecule has 0 atom stereocenters. The zero-order valence-corrected chi connectivity index (χ0v) is 18.6. The second-order valence-electron chi connectivity index (χ2n) is 8.52. The average Bonchev–Trinajstić information content (AvgIpc) is 3.66. The Morgan fingerprint density at radius 2 is 1.94 bits per heavy atom. The SMILES string of the molecule is CNc1ncc(C#Cc2ccc(CN3CCOCC3)cn2)c2cc(C3(C(N)=O)CC3)ncc12. The van der Waals surface area contributed by atoms with Gasteiger partial charge in [-0.15, -0.1) is 0 Å². The first-order valence-corrected chi connectivity index (χ1v) is 11.1. The van der Waals surface area contributed by atoms with Crippen LogP contribution in [0.1, 0.15) is 35.4 Å². The van der Waals surface area contributed by atoms with E-state index in [4.69, 9.17) is 10.5 Å². The number of fused-ring (bicyclic) bond motifs is 1. The highest BCUT2D eigenvalue weighted by molar-refractivity contribution is 5.97. The van der Waals surface area contributed by atoms with Gasteiger partial charge in [0.1, 0.15) is 11.5 Å². The van der Waals surface area contributed by atoms with Gasteiger partial charge in [-0.3, -0.25) is 14.7 Å². The van der Waals surface area contributed by atoms with Crippen LogP contribution in [-0.4, -0.2) is 59.1 Å². The molecule has 0 bridgehead atoms. The summed E-state index contributed by atoms with van der Waals surface area (Å²) in [6.07, 6.45) is 6.82. The number of hydrogen-bond donors (Lipinski definition) is 2. The molecule has 168 valence electrons. The predicted molar refractivity (Wildman–Crippen MR) is 126 cm³/mol. The third-order valence-corrected chi connectivity index (χ3v) is 6.38. The van der Waals surface area contributed by atoms with Crippen molar-refractivity contribution in [1.29, 1.82) is 0 Å². The molecule has 3 aromatic rings. The van der Waals surface area contributed by atoms with E-state index in [1.54, 1.807) is 12.4 Å². The highest BCUT2D eigenvalue weighted by Gasteiger charge is 2.51. The maximum atomic E-state index is 12.0. The first-order valence-electron chi connectivity index (χ1n) is 11.1. The van der Waals surface area contributed by atoms with Crippen molar-refractivity contribution in [2.75, 3.05) is 38.7 Å². The van der Waals surface area contributed by atoms with Gasteiger partial charge < -0.3 is 15.8 Å². The second-order valence-corrected chi connectivity index (χ2v) is 8.52. The van der Waals surface area contributed by atoms with Crippen LogP contribution in [-0.2, 0) is 21.5 Å². The van der Waals surface area contributed by atoms with Gasteiger partial charge >= 0.3 is 0 Å². The van der Waals surface area contributed by atoms with Gasteiger partial charge in [-0.25, -0.2) is 9.97 Å². The molecule has 0 radical (unpaired) electrons. The smallest absolute Gasteiger partial charge is 0.229 e. The topological polar surface area (TPSA) is 106 Å².